The van der Waals surface area contributed by atoms with Gasteiger partial charge in [-0.2, -0.15) is 12.6 Å². The third-order valence-electron chi connectivity index (χ3n) is 0.643. The predicted molar refractivity (Wildman–Crippen MR) is 32.9 cm³/mol. The lowest BCUT2D eigenvalue weighted by Crippen LogP contribution is -2.30. The molecule has 0 fully saturated rings. The molecular formula is C4H7NO2S. The van der Waals surface area contributed by atoms with Crippen molar-refractivity contribution in [2.45, 2.75) is 6.04 Å². The summed E-state index contributed by atoms with van der Waals surface area (Å²) in [5.41, 5.74) is 0. The molecular weight excluding hydrogens is 126 g/mol. The van der Waals surface area contributed by atoms with Crippen LogP contribution < -0.4 is 5.32 Å². The predicted octanol–water partition coefficient (Wildman–Crippen LogP) is -0.770. The Morgan fingerprint density at radius 1 is 1.62 bits per heavy atom. The average Bonchev–Trinajstić information content (AvgIpc) is 1.83. The van der Waals surface area contributed by atoms with E-state index < -0.39 is 6.04 Å². The van der Waals surface area contributed by atoms with Crippen LogP contribution in [0, 0.1) is 0 Å². The largest absolute Gasteiger partial charge is 0.348 e. The van der Waals surface area contributed by atoms with E-state index in [1.807, 2.05) is 0 Å². The van der Waals surface area contributed by atoms with Crippen molar-refractivity contribution in [3.05, 3.63) is 0 Å². The number of carbonyl (C=O) groups is 2. The minimum absolute atomic E-state index is 0.349. The SMILES string of the molecule is O=CN[C@H](C=O)CS. The standard InChI is InChI=1S/C4H7NO2S/c6-1-4(2-8)5-3-7/h1,3-4,8H,2H2,(H,5,7)/t4-/m1/s1. The van der Waals surface area contributed by atoms with Gasteiger partial charge in [-0.1, -0.05) is 0 Å². The van der Waals surface area contributed by atoms with E-state index in [2.05, 4.69) is 17.9 Å². The van der Waals surface area contributed by atoms with Crippen LogP contribution in [-0.2, 0) is 9.59 Å². The fourth-order valence-corrected chi connectivity index (χ4v) is 0.414. The highest BCUT2D eigenvalue weighted by Crippen LogP contribution is 1.78. The van der Waals surface area contributed by atoms with Crippen molar-refractivity contribution < 1.29 is 9.59 Å². The topological polar surface area (TPSA) is 46.2 Å². The molecule has 0 aliphatic rings. The second-order valence-electron chi connectivity index (χ2n) is 1.21. The van der Waals surface area contributed by atoms with Gasteiger partial charge in [-0.15, -0.1) is 0 Å². The molecule has 0 aromatic rings. The molecule has 3 nitrogen and oxygen atoms in total. The van der Waals surface area contributed by atoms with Crippen molar-refractivity contribution in [3.63, 3.8) is 0 Å². The molecule has 0 aliphatic carbocycles. The van der Waals surface area contributed by atoms with E-state index in [4.69, 9.17) is 0 Å². The minimum Gasteiger partial charge on any atom is -0.348 e. The summed E-state index contributed by atoms with van der Waals surface area (Å²) in [6.45, 7) is 0. The summed E-state index contributed by atoms with van der Waals surface area (Å²) in [6.07, 6.45) is 1.12. The molecule has 0 aliphatic heterocycles. The Hall–Kier alpha value is -0.510. The fourth-order valence-electron chi connectivity index (χ4n) is 0.222. The first kappa shape index (κ1) is 7.49. The molecule has 46 valence electrons. The Kier molecular flexibility index (Phi) is 4.35. The van der Waals surface area contributed by atoms with Gasteiger partial charge in [0.05, 0.1) is 6.04 Å². The number of aldehydes is 1. The summed E-state index contributed by atoms with van der Waals surface area (Å²) in [5.74, 6) is 0.349. The molecule has 0 radical (unpaired) electrons. The third-order valence-corrected chi connectivity index (χ3v) is 1.04. The molecule has 0 rings (SSSR count). The van der Waals surface area contributed by atoms with Crippen LogP contribution in [0.3, 0.4) is 0 Å². The van der Waals surface area contributed by atoms with Crippen molar-refractivity contribution >= 4 is 25.3 Å². The lowest BCUT2D eigenvalue weighted by Gasteiger charge is -2.00. The van der Waals surface area contributed by atoms with Crippen LogP contribution in [0.2, 0.25) is 0 Å². The Bertz CT molecular complexity index is 86.1. The highest BCUT2D eigenvalue weighted by atomic mass is 32.1. The molecule has 1 amide bonds. The van der Waals surface area contributed by atoms with E-state index >= 15 is 0 Å². The first-order valence-corrected chi connectivity index (χ1v) is 2.74. The van der Waals surface area contributed by atoms with Crippen molar-refractivity contribution in [2.75, 3.05) is 5.75 Å². The highest BCUT2D eigenvalue weighted by molar-refractivity contribution is 7.80. The number of hydrogen-bond donors (Lipinski definition) is 2. The first-order valence-electron chi connectivity index (χ1n) is 2.11. The summed E-state index contributed by atoms with van der Waals surface area (Å²) >= 11 is 3.78. The monoisotopic (exact) mass is 133 g/mol. The van der Waals surface area contributed by atoms with Crippen LogP contribution in [-0.4, -0.2) is 24.5 Å². The zero-order chi connectivity index (χ0) is 6.41. The highest BCUT2D eigenvalue weighted by Gasteiger charge is 1.98. The molecule has 8 heavy (non-hydrogen) atoms. The van der Waals surface area contributed by atoms with Gasteiger partial charge in [-0.25, -0.2) is 0 Å². The lowest BCUT2D eigenvalue weighted by molar-refractivity contribution is -0.114. The maximum atomic E-state index is 9.86. The van der Waals surface area contributed by atoms with E-state index in [0.29, 0.717) is 18.4 Å². The van der Waals surface area contributed by atoms with Gasteiger partial charge in [0.2, 0.25) is 6.41 Å². The summed E-state index contributed by atoms with van der Waals surface area (Å²) in [6, 6.07) is -0.434. The summed E-state index contributed by atoms with van der Waals surface area (Å²) < 4.78 is 0. The molecule has 1 N–H and O–H groups in total. The minimum atomic E-state index is -0.434. The van der Waals surface area contributed by atoms with E-state index in [9.17, 15) is 9.59 Å². The number of amides is 1. The number of carbonyl (C=O) groups excluding carboxylic acids is 2. The Labute approximate surface area is 52.9 Å². The molecule has 0 saturated heterocycles. The van der Waals surface area contributed by atoms with Crippen molar-refractivity contribution in [2.24, 2.45) is 0 Å². The smallest absolute Gasteiger partial charge is 0.207 e. The first-order chi connectivity index (χ1) is 3.85. The normalized spacial score (nSPS) is 12.1. The Morgan fingerprint density at radius 3 is 2.38 bits per heavy atom. The quantitative estimate of drug-likeness (QED) is 0.391. The molecule has 0 spiro atoms. The molecule has 4 heteroatoms. The van der Waals surface area contributed by atoms with Crippen LogP contribution in [0.5, 0.6) is 0 Å². The van der Waals surface area contributed by atoms with E-state index in [1.54, 1.807) is 0 Å². The summed E-state index contributed by atoms with van der Waals surface area (Å²) in [4.78, 5) is 19.5. The molecule has 1 atom stereocenters. The van der Waals surface area contributed by atoms with E-state index in [-0.39, 0.29) is 0 Å². The number of rotatable bonds is 4. The van der Waals surface area contributed by atoms with E-state index in [1.165, 1.54) is 0 Å². The summed E-state index contributed by atoms with van der Waals surface area (Å²) in [7, 11) is 0. The van der Waals surface area contributed by atoms with Gasteiger partial charge in [0.25, 0.3) is 0 Å². The maximum Gasteiger partial charge on any atom is 0.207 e. The number of thiol groups is 1. The van der Waals surface area contributed by atoms with Gasteiger partial charge < -0.3 is 10.1 Å². The van der Waals surface area contributed by atoms with Crippen molar-refractivity contribution in [3.8, 4) is 0 Å². The third kappa shape index (κ3) is 2.63. The second kappa shape index (κ2) is 4.64. The van der Waals surface area contributed by atoms with Crippen LogP contribution >= 0.6 is 12.6 Å². The fraction of sp³-hybridized carbons (Fsp3) is 0.500. The zero-order valence-corrected chi connectivity index (χ0v) is 5.10. The molecule has 0 unspecified atom stereocenters. The molecule has 0 aromatic carbocycles. The van der Waals surface area contributed by atoms with Crippen LogP contribution in [0.15, 0.2) is 0 Å². The Morgan fingerprint density at radius 2 is 2.25 bits per heavy atom. The van der Waals surface area contributed by atoms with Crippen LogP contribution in [0.25, 0.3) is 0 Å². The van der Waals surface area contributed by atoms with Gasteiger partial charge in [0.15, 0.2) is 0 Å². The van der Waals surface area contributed by atoms with Gasteiger partial charge >= 0.3 is 0 Å². The van der Waals surface area contributed by atoms with Crippen molar-refractivity contribution in [1.82, 2.24) is 5.32 Å². The lowest BCUT2D eigenvalue weighted by atomic mass is 10.4. The Balaban J connectivity index is 3.35. The second-order valence-corrected chi connectivity index (χ2v) is 1.57. The van der Waals surface area contributed by atoms with Crippen molar-refractivity contribution in [1.29, 1.82) is 0 Å². The van der Waals surface area contributed by atoms with Gasteiger partial charge in [-0.05, 0) is 0 Å². The molecule has 0 aromatic heterocycles. The zero-order valence-electron chi connectivity index (χ0n) is 4.20. The molecule has 0 bridgehead atoms. The molecule has 0 saturated carbocycles. The van der Waals surface area contributed by atoms with Gasteiger partial charge in [0.1, 0.15) is 6.29 Å². The maximum absolute atomic E-state index is 9.86. The number of hydrogen-bond acceptors (Lipinski definition) is 3. The number of nitrogens with one attached hydrogen (secondary N) is 1. The van der Waals surface area contributed by atoms with Gasteiger partial charge in [0, 0.05) is 5.75 Å². The van der Waals surface area contributed by atoms with Gasteiger partial charge in [-0.3, -0.25) is 4.79 Å². The molecule has 0 heterocycles. The average molecular weight is 133 g/mol. The van der Waals surface area contributed by atoms with Crippen LogP contribution in [0.1, 0.15) is 0 Å². The summed E-state index contributed by atoms with van der Waals surface area (Å²) in [5, 5.41) is 2.26. The van der Waals surface area contributed by atoms with Crippen LogP contribution in [0.4, 0.5) is 0 Å². The van der Waals surface area contributed by atoms with E-state index in [0.717, 1.165) is 0 Å².